The van der Waals surface area contributed by atoms with Gasteiger partial charge in [0.15, 0.2) is 6.29 Å². The van der Waals surface area contributed by atoms with Gasteiger partial charge in [0.1, 0.15) is 18.1 Å². The monoisotopic (exact) mass is 228 g/mol. The molecule has 1 aromatic carbocycles. The molecule has 17 heavy (non-hydrogen) atoms. The number of hydrogen-bond donors (Lipinski definition) is 0. The third kappa shape index (κ3) is 2.06. The molecule has 0 N–H and O–H groups in total. The molecule has 4 nitrogen and oxygen atoms in total. The number of aldehydes is 2. The summed E-state index contributed by atoms with van der Waals surface area (Å²) in [6.07, 6.45) is 5.14. The van der Waals surface area contributed by atoms with E-state index in [4.69, 9.17) is 4.42 Å². The maximum Gasteiger partial charge on any atom is 0.203 e. The fraction of sp³-hybridized carbons (Fsp3) is 0. The van der Waals surface area contributed by atoms with E-state index in [0.717, 1.165) is 6.26 Å². The van der Waals surface area contributed by atoms with Gasteiger partial charge >= 0.3 is 0 Å². The van der Waals surface area contributed by atoms with Gasteiger partial charge in [-0.2, -0.15) is 0 Å². The van der Waals surface area contributed by atoms with Crippen LogP contribution in [0.25, 0.3) is 17.0 Å². The number of benzene rings is 1. The maximum absolute atomic E-state index is 11.8. The molecule has 0 radical (unpaired) electrons. The Hall–Kier alpha value is -2.49. The summed E-state index contributed by atoms with van der Waals surface area (Å²) < 4.78 is 5.15. The molecular weight excluding hydrogens is 220 g/mol. The van der Waals surface area contributed by atoms with Crippen LogP contribution >= 0.6 is 0 Å². The molecule has 0 aliphatic carbocycles. The number of carbonyl (C=O) groups excluding carboxylic acids is 2. The lowest BCUT2D eigenvalue weighted by Gasteiger charge is -1.98. The van der Waals surface area contributed by atoms with Crippen molar-refractivity contribution in [1.82, 2.24) is 0 Å². The van der Waals surface area contributed by atoms with Crippen LogP contribution in [0.4, 0.5) is 0 Å². The molecule has 0 saturated carbocycles. The van der Waals surface area contributed by atoms with Gasteiger partial charge in [-0.25, -0.2) is 0 Å². The van der Waals surface area contributed by atoms with E-state index < -0.39 is 0 Å². The van der Waals surface area contributed by atoms with Crippen LogP contribution in [-0.4, -0.2) is 12.6 Å². The predicted octanol–water partition coefficient (Wildman–Crippen LogP) is 1.82. The fourth-order valence-corrected chi connectivity index (χ4v) is 1.50. The molecule has 2 aromatic rings. The van der Waals surface area contributed by atoms with Crippen LogP contribution in [-0.2, 0) is 4.79 Å². The minimum absolute atomic E-state index is 0.0194. The number of fused-ring (bicyclic) bond motifs is 1. The first-order valence-corrected chi connectivity index (χ1v) is 4.89. The van der Waals surface area contributed by atoms with Crippen LogP contribution in [0.1, 0.15) is 15.9 Å². The summed E-state index contributed by atoms with van der Waals surface area (Å²) in [5.74, 6) is 0. The van der Waals surface area contributed by atoms with E-state index in [1.54, 1.807) is 24.3 Å². The summed E-state index contributed by atoms with van der Waals surface area (Å²) in [5, 5.41) is 0.322. The van der Waals surface area contributed by atoms with Crippen molar-refractivity contribution in [3.8, 4) is 0 Å². The first-order valence-electron chi connectivity index (χ1n) is 4.89. The smallest absolute Gasteiger partial charge is 0.203 e. The van der Waals surface area contributed by atoms with Gasteiger partial charge in [0.25, 0.3) is 0 Å². The van der Waals surface area contributed by atoms with Crippen LogP contribution < -0.4 is 5.43 Å². The first-order chi connectivity index (χ1) is 8.26. The SMILES string of the molecule is O=CC=Cc1ccc2occ(C=O)c(=O)c2c1. The highest BCUT2D eigenvalue weighted by Crippen LogP contribution is 2.14. The van der Waals surface area contributed by atoms with Crippen molar-refractivity contribution in [2.75, 3.05) is 0 Å². The number of hydrogen-bond acceptors (Lipinski definition) is 4. The largest absolute Gasteiger partial charge is 0.463 e. The summed E-state index contributed by atoms with van der Waals surface area (Å²) in [7, 11) is 0. The van der Waals surface area contributed by atoms with Crippen LogP contribution in [0.5, 0.6) is 0 Å². The Labute approximate surface area is 96.2 Å². The highest BCUT2D eigenvalue weighted by molar-refractivity contribution is 5.86. The predicted molar refractivity (Wildman–Crippen MR) is 63.0 cm³/mol. The van der Waals surface area contributed by atoms with Gasteiger partial charge < -0.3 is 4.42 Å². The van der Waals surface area contributed by atoms with Crippen molar-refractivity contribution in [3.05, 3.63) is 51.9 Å². The van der Waals surface area contributed by atoms with Crippen LogP contribution in [0.3, 0.4) is 0 Å². The van der Waals surface area contributed by atoms with Crippen molar-refractivity contribution in [2.45, 2.75) is 0 Å². The molecule has 0 aliphatic rings. The molecule has 0 saturated heterocycles. The van der Waals surface area contributed by atoms with Gasteiger partial charge in [0.2, 0.25) is 5.43 Å². The summed E-state index contributed by atoms with van der Waals surface area (Å²) >= 11 is 0. The quantitative estimate of drug-likeness (QED) is 0.593. The van der Waals surface area contributed by atoms with Crippen LogP contribution in [0.15, 0.2) is 39.7 Å². The van der Waals surface area contributed by atoms with Gasteiger partial charge in [-0.05, 0) is 23.8 Å². The Kier molecular flexibility index (Phi) is 2.96. The molecule has 0 fully saturated rings. The third-order valence-electron chi connectivity index (χ3n) is 2.32. The summed E-state index contributed by atoms with van der Waals surface area (Å²) in [4.78, 5) is 32.6. The standard InChI is InChI=1S/C13H8O4/c14-5-1-2-9-3-4-12-11(6-9)13(16)10(7-15)8-17-12/h1-8H. The Morgan fingerprint density at radius 3 is 2.71 bits per heavy atom. The summed E-state index contributed by atoms with van der Waals surface area (Å²) in [5.41, 5.74) is 0.709. The summed E-state index contributed by atoms with van der Waals surface area (Å²) in [6.45, 7) is 0. The van der Waals surface area contributed by atoms with Gasteiger partial charge in [-0.15, -0.1) is 0 Å². The first kappa shape index (κ1) is 11.0. The second-order valence-corrected chi connectivity index (χ2v) is 3.39. The molecule has 0 aliphatic heterocycles. The lowest BCUT2D eigenvalue weighted by Crippen LogP contribution is -2.07. The van der Waals surface area contributed by atoms with Crippen LogP contribution in [0.2, 0.25) is 0 Å². The molecule has 4 heteroatoms. The molecule has 2 rings (SSSR count). The van der Waals surface area contributed by atoms with Crippen molar-refractivity contribution < 1.29 is 14.0 Å². The van der Waals surface area contributed by atoms with Gasteiger partial charge in [0.05, 0.1) is 10.9 Å². The average molecular weight is 228 g/mol. The second-order valence-electron chi connectivity index (χ2n) is 3.39. The van der Waals surface area contributed by atoms with E-state index in [9.17, 15) is 14.4 Å². The Balaban J connectivity index is 2.70. The van der Waals surface area contributed by atoms with Crippen molar-refractivity contribution in [1.29, 1.82) is 0 Å². The lowest BCUT2D eigenvalue weighted by atomic mass is 10.1. The normalized spacial score (nSPS) is 10.8. The molecule has 1 heterocycles. The Morgan fingerprint density at radius 2 is 2.00 bits per heavy atom. The molecule has 0 unspecified atom stereocenters. The number of rotatable bonds is 3. The lowest BCUT2D eigenvalue weighted by molar-refractivity contribution is -0.104. The van der Waals surface area contributed by atoms with E-state index in [-0.39, 0.29) is 11.0 Å². The molecule has 1 aromatic heterocycles. The third-order valence-corrected chi connectivity index (χ3v) is 2.32. The molecular formula is C13H8O4. The van der Waals surface area contributed by atoms with E-state index >= 15 is 0 Å². The minimum atomic E-state index is -0.373. The van der Waals surface area contributed by atoms with Gasteiger partial charge in [0, 0.05) is 0 Å². The van der Waals surface area contributed by atoms with Gasteiger partial charge in [-0.1, -0.05) is 12.1 Å². The topological polar surface area (TPSA) is 64.3 Å². The minimum Gasteiger partial charge on any atom is -0.463 e. The highest BCUT2D eigenvalue weighted by Gasteiger charge is 2.05. The highest BCUT2D eigenvalue weighted by atomic mass is 16.3. The van der Waals surface area contributed by atoms with Crippen molar-refractivity contribution in [3.63, 3.8) is 0 Å². The molecule has 84 valence electrons. The Morgan fingerprint density at radius 1 is 1.18 bits per heavy atom. The van der Waals surface area contributed by atoms with E-state index in [1.807, 2.05) is 0 Å². The van der Waals surface area contributed by atoms with E-state index in [2.05, 4.69) is 0 Å². The zero-order chi connectivity index (χ0) is 12.3. The van der Waals surface area contributed by atoms with E-state index in [1.165, 1.54) is 6.08 Å². The number of carbonyl (C=O) groups is 2. The number of allylic oxidation sites excluding steroid dienone is 1. The zero-order valence-corrected chi connectivity index (χ0v) is 8.75. The average Bonchev–Trinajstić information content (AvgIpc) is 2.37. The molecule has 0 amide bonds. The zero-order valence-electron chi connectivity index (χ0n) is 8.75. The maximum atomic E-state index is 11.8. The van der Waals surface area contributed by atoms with Crippen LogP contribution in [0, 0.1) is 0 Å². The second kappa shape index (κ2) is 4.57. The molecule has 0 atom stereocenters. The van der Waals surface area contributed by atoms with E-state index in [0.29, 0.717) is 29.1 Å². The van der Waals surface area contributed by atoms with Crippen molar-refractivity contribution >= 4 is 29.6 Å². The van der Waals surface area contributed by atoms with Gasteiger partial charge in [-0.3, -0.25) is 14.4 Å². The fourth-order valence-electron chi connectivity index (χ4n) is 1.50. The molecule has 0 spiro atoms. The van der Waals surface area contributed by atoms with Crippen molar-refractivity contribution in [2.24, 2.45) is 0 Å². The Bertz CT molecular complexity index is 665. The molecule has 0 bridgehead atoms. The summed E-state index contributed by atoms with van der Waals surface area (Å²) in [6, 6.07) is 4.91.